The van der Waals surface area contributed by atoms with E-state index >= 15 is 0 Å². The molecule has 0 heterocycles. The molecule has 108 valence electrons. The van der Waals surface area contributed by atoms with Gasteiger partial charge in [0.05, 0.1) is 12.7 Å². The van der Waals surface area contributed by atoms with Gasteiger partial charge in [0.1, 0.15) is 6.29 Å². The average Bonchev–Trinajstić information content (AvgIpc) is 2.24. The van der Waals surface area contributed by atoms with Crippen LogP contribution in [0.15, 0.2) is 0 Å². The smallest absolute Gasteiger partial charge is 0.200 e. The summed E-state index contributed by atoms with van der Waals surface area (Å²) in [6, 6.07) is 0. The zero-order valence-electron chi connectivity index (χ0n) is 13.0. The van der Waals surface area contributed by atoms with E-state index in [4.69, 9.17) is 9.16 Å². The molecule has 0 spiro atoms. The lowest BCUT2D eigenvalue weighted by Crippen LogP contribution is -2.51. The zero-order valence-corrected chi connectivity index (χ0v) is 14.0. The first-order valence-electron chi connectivity index (χ1n) is 6.93. The van der Waals surface area contributed by atoms with Gasteiger partial charge in [-0.1, -0.05) is 41.5 Å². The number of carbonyl (C=O) groups is 1. The van der Waals surface area contributed by atoms with E-state index in [2.05, 4.69) is 41.5 Å². The molecule has 0 bridgehead atoms. The second kappa shape index (κ2) is 8.07. The van der Waals surface area contributed by atoms with E-state index in [1.807, 2.05) is 0 Å². The molecule has 0 saturated heterocycles. The Hall–Kier alpha value is -0.193. The van der Waals surface area contributed by atoms with Gasteiger partial charge in [0.2, 0.25) is 8.32 Å². The molecule has 0 unspecified atom stereocenters. The minimum Gasteiger partial charge on any atom is -0.410 e. The molecule has 1 atom stereocenters. The van der Waals surface area contributed by atoms with Crippen LogP contribution in [0.4, 0.5) is 0 Å². The Morgan fingerprint density at radius 1 is 1.00 bits per heavy atom. The van der Waals surface area contributed by atoms with Crippen molar-refractivity contribution >= 4 is 14.6 Å². The van der Waals surface area contributed by atoms with Crippen LogP contribution < -0.4 is 0 Å². The van der Waals surface area contributed by atoms with Gasteiger partial charge in [-0.05, 0) is 16.6 Å². The van der Waals surface area contributed by atoms with Gasteiger partial charge in [-0.15, -0.1) is 0 Å². The van der Waals surface area contributed by atoms with Crippen LogP contribution in [-0.2, 0) is 14.0 Å². The molecule has 0 aromatic carbocycles. The number of carbonyl (C=O) groups excluding carboxylic acids is 1. The van der Waals surface area contributed by atoms with Gasteiger partial charge in [0.15, 0.2) is 0 Å². The largest absolute Gasteiger partial charge is 0.410 e. The molecule has 0 fully saturated rings. The third-order valence-corrected chi connectivity index (χ3v) is 9.95. The average molecular weight is 274 g/mol. The van der Waals surface area contributed by atoms with Crippen molar-refractivity contribution in [2.45, 2.75) is 70.7 Å². The van der Waals surface area contributed by atoms with Crippen molar-refractivity contribution in [2.75, 3.05) is 13.7 Å². The number of methoxy groups -OCH3 is 1. The first-order chi connectivity index (χ1) is 8.32. The third kappa shape index (κ3) is 4.18. The molecule has 0 aromatic heterocycles. The number of hydrogen-bond donors (Lipinski definition) is 0. The highest BCUT2D eigenvalue weighted by Crippen LogP contribution is 2.43. The van der Waals surface area contributed by atoms with Crippen LogP contribution >= 0.6 is 0 Å². The van der Waals surface area contributed by atoms with E-state index in [0.717, 1.165) is 6.29 Å². The van der Waals surface area contributed by atoms with E-state index in [0.29, 0.717) is 29.7 Å². The predicted molar refractivity (Wildman–Crippen MR) is 78.5 cm³/mol. The van der Waals surface area contributed by atoms with Crippen LogP contribution in [0.25, 0.3) is 0 Å². The quantitative estimate of drug-likeness (QED) is 0.474. The monoisotopic (exact) mass is 274 g/mol. The summed E-state index contributed by atoms with van der Waals surface area (Å²) in [6.07, 6.45) is 1.27. The summed E-state index contributed by atoms with van der Waals surface area (Å²) in [6.45, 7) is 14.0. The molecular weight excluding hydrogens is 244 g/mol. The van der Waals surface area contributed by atoms with Crippen LogP contribution in [0.2, 0.25) is 16.6 Å². The number of aldehydes is 1. The van der Waals surface area contributed by atoms with Crippen molar-refractivity contribution in [2.24, 2.45) is 0 Å². The van der Waals surface area contributed by atoms with Gasteiger partial charge in [-0.25, -0.2) is 0 Å². The van der Waals surface area contributed by atoms with Gasteiger partial charge in [-0.2, -0.15) is 0 Å². The highest BCUT2D eigenvalue weighted by atomic mass is 28.4. The van der Waals surface area contributed by atoms with Gasteiger partial charge >= 0.3 is 0 Å². The van der Waals surface area contributed by atoms with Crippen LogP contribution in [0.3, 0.4) is 0 Å². The number of hydrogen-bond acceptors (Lipinski definition) is 3. The molecule has 0 N–H and O–H groups in total. The van der Waals surface area contributed by atoms with Crippen molar-refractivity contribution in [1.29, 1.82) is 0 Å². The molecule has 0 radical (unpaired) electrons. The fraction of sp³-hybridized carbons (Fsp3) is 0.929. The second-order valence-corrected chi connectivity index (χ2v) is 11.3. The van der Waals surface area contributed by atoms with Gasteiger partial charge in [0, 0.05) is 13.5 Å². The van der Waals surface area contributed by atoms with Gasteiger partial charge in [-0.3, -0.25) is 0 Å². The van der Waals surface area contributed by atoms with Crippen molar-refractivity contribution in [3.8, 4) is 0 Å². The summed E-state index contributed by atoms with van der Waals surface area (Å²) in [5.41, 5.74) is 1.59. The van der Waals surface area contributed by atoms with Crippen LogP contribution in [0, 0.1) is 0 Å². The van der Waals surface area contributed by atoms with Crippen molar-refractivity contribution < 1.29 is 14.0 Å². The van der Waals surface area contributed by atoms with Crippen molar-refractivity contribution in [1.82, 2.24) is 0 Å². The van der Waals surface area contributed by atoms with Crippen LogP contribution in [-0.4, -0.2) is 34.4 Å². The molecule has 0 rings (SSSR count). The lowest BCUT2D eigenvalue weighted by Gasteiger charge is -2.44. The minimum absolute atomic E-state index is 0.0913. The topological polar surface area (TPSA) is 35.5 Å². The Morgan fingerprint density at radius 3 is 1.72 bits per heavy atom. The minimum atomic E-state index is -1.90. The fourth-order valence-corrected chi connectivity index (χ4v) is 8.70. The number of rotatable bonds is 9. The third-order valence-electron chi connectivity index (χ3n) is 3.79. The Kier molecular flexibility index (Phi) is 7.99. The maximum absolute atomic E-state index is 10.8. The highest BCUT2D eigenvalue weighted by molar-refractivity contribution is 6.77. The standard InChI is InChI=1S/C14H30O3Si/c1-11(2)18(12(3)4,13(5)6)17-14(8-9-15)10-16-7/h9,11-14H,8,10H2,1-7H3/t14-/m0/s1. The van der Waals surface area contributed by atoms with Crippen LogP contribution in [0.1, 0.15) is 48.0 Å². The maximum atomic E-state index is 10.8. The molecule has 0 amide bonds. The first kappa shape index (κ1) is 17.8. The van der Waals surface area contributed by atoms with E-state index < -0.39 is 8.32 Å². The van der Waals surface area contributed by atoms with E-state index in [9.17, 15) is 4.79 Å². The second-order valence-electron chi connectivity index (χ2n) is 5.92. The molecule has 4 heteroatoms. The molecule has 0 aliphatic carbocycles. The summed E-state index contributed by atoms with van der Waals surface area (Å²) in [7, 11) is -0.247. The molecule has 0 saturated carbocycles. The van der Waals surface area contributed by atoms with Crippen molar-refractivity contribution in [3.05, 3.63) is 0 Å². The summed E-state index contributed by atoms with van der Waals surface area (Å²) < 4.78 is 11.7. The normalized spacial score (nSPS) is 14.6. The van der Waals surface area contributed by atoms with Crippen LogP contribution in [0.5, 0.6) is 0 Å². The molecule has 0 aromatic rings. The SMILES string of the molecule is COC[C@H](CC=O)O[Si](C(C)C)(C(C)C)C(C)C. The predicted octanol–water partition coefficient (Wildman–Crippen LogP) is 3.78. The van der Waals surface area contributed by atoms with E-state index in [1.54, 1.807) is 7.11 Å². The van der Waals surface area contributed by atoms with E-state index in [1.165, 1.54) is 0 Å². The highest BCUT2D eigenvalue weighted by Gasteiger charge is 2.46. The molecule has 3 nitrogen and oxygen atoms in total. The molecule has 0 aliphatic heterocycles. The maximum Gasteiger partial charge on any atom is 0.200 e. The lowest BCUT2D eigenvalue weighted by atomic mass is 10.3. The lowest BCUT2D eigenvalue weighted by molar-refractivity contribution is -0.110. The van der Waals surface area contributed by atoms with Crippen molar-refractivity contribution in [3.63, 3.8) is 0 Å². The fourth-order valence-electron chi connectivity index (χ4n) is 3.14. The molecule has 0 aliphatic rings. The summed E-state index contributed by atoms with van der Waals surface area (Å²) >= 11 is 0. The Balaban J connectivity index is 5.11. The van der Waals surface area contributed by atoms with Gasteiger partial charge in [0.25, 0.3) is 0 Å². The first-order valence-corrected chi connectivity index (χ1v) is 9.07. The molecular formula is C14H30O3Si. The van der Waals surface area contributed by atoms with E-state index in [-0.39, 0.29) is 6.10 Å². The summed E-state index contributed by atoms with van der Waals surface area (Å²) in [5, 5.41) is 0. The molecule has 18 heavy (non-hydrogen) atoms. The Labute approximate surface area is 113 Å². The number of ether oxygens (including phenoxy) is 1. The van der Waals surface area contributed by atoms with Gasteiger partial charge < -0.3 is 14.0 Å². The Bertz CT molecular complexity index is 217. The Morgan fingerprint density at radius 2 is 1.44 bits per heavy atom. The zero-order chi connectivity index (χ0) is 14.3. The summed E-state index contributed by atoms with van der Waals surface area (Å²) in [4.78, 5) is 10.8. The summed E-state index contributed by atoms with van der Waals surface area (Å²) in [5.74, 6) is 0.